The number of aliphatic hydroxyl groups is 1. The Morgan fingerprint density at radius 3 is 2.57 bits per heavy atom. The summed E-state index contributed by atoms with van der Waals surface area (Å²) in [5.41, 5.74) is 1.94. The van der Waals surface area contributed by atoms with E-state index in [1.807, 2.05) is 61.5 Å². The minimum Gasteiger partial charge on any atom is -0.489 e. The van der Waals surface area contributed by atoms with E-state index in [1.54, 1.807) is 6.08 Å². The van der Waals surface area contributed by atoms with Crippen LogP contribution >= 0.6 is 24.0 Å². The number of rotatable bonds is 10. The van der Waals surface area contributed by atoms with Crippen molar-refractivity contribution in [1.29, 1.82) is 0 Å². The van der Waals surface area contributed by atoms with Crippen LogP contribution in [0.15, 0.2) is 72.2 Å². The Hall–Kier alpha value is -2.06. The fourth-order valence-electron chi connectivity index (χ4n) is 2.60. The average Bonchev–Trinajstić information content (AvgIpc) is 2.71. The smallest absolute Gasteiger partial charge is 0.191 e. The summed E-state index contributed by atoms with van der Waals surface area (Å²) in [5, 5.41) is 16.8. The first-order valence-corrected chi connectivity index (χ1v) is 9.31. The summed E-state index contributed by atoms with van der Waals surface area (Å²) in [6.45, 7) is 8.07. The molecule has 0 aliphatic carbocycles. The van der Waals surface area contributed by atoms with Crippen molar-refractivity contribution in [3.63, 3.8) is 0 Å². The normalized spacial score (nSPS) is 11.9. The molecule has 0 radical (unpaired) electrons. The van der Waals surface area contributed by atoms with Gasteiger partial charge in [0.25, 0.3) is 0 Å². The molecule has 28 heavy (non-hydrogen) atoms. The van der Waals surface area contributed by atoms with Crippen LogP contribution < -0.4 is 15.4 Å². The van der Waals surface area contributed by atoms with Crippen molar-refractivity contribution in [3.05, 3.63) is 78.4 Å². The van der Waals surface area contributed by atoms with E-state index >= 15 is 0 Å². The van der Waals surface area contributed by atoms with Gasteiger partial charge in [0, 0.05) is 18.7 Å². The molecule has 0 saturated carbocycles. The third kappa shape index (κ3) is 8.31. The van der Waals surface area contributed by atoms with Crippen LogP contribution in [0.1, 0.15) is 30.6 Å². The number of nitrogens with one attached hydrogen (secondary N) is 2. The van der Waals surface area contributed by atoms with Gasteiger partial charge in [-0.2, -0.15) is 0 Å². The van der Waals surface area contributed by atoms with Crippen LogP contribution in [0.5, 0.6) is 5.75 Å². The van der Waals surface area contributed by atoms with E-state index in [1.165, 1.54) is 0 Å². The summed E-state index contributed by atoms with van der Waals surface area (Å²) in [7, 11) is 0. The molecular weight excluding hydrogens is 465 g/mol. The Morgan fingerprint density at radius 1 is 1.14 bits per heavy atom. The third-order valence-corrected chi connectivity index (χ3v) is 3.98. The lowest BCUT2D eigenvalue weighted by Crippen LogP contribution is -2.38. The van der Waals surface area contributed by atoms with Gasteiger partial charge in [-0.05, 0) is 25.0 Å². The Morgan fingerprint density at radius 2 is 1.86 bits per heavy atom. The highest BCUT2D eigenvalue weighted by Gasteiger charge is 2.07. The molecule has 1 unspecified atom stereocenters. The van der Waals surface area contributed by atoms with Crippen LogP contribution in [-0.4, -0.2) is 30.8 Å². The first-order valence-electron chi connectivity index (χ1n) is 9.31. The molecule has 3 N–H and O–H groups in total. The van der Waals surface area contributed by atoms with Gasteiger partial charge in [0.15, 0.2) is 5.96 Å². The lowest BCUT2D eigenvalue weighted by molar-refractivity contribution is 0.168. The van der Waals surface area contributed by atoms with Crippen LogP contribution in [0.3, 0.4) is 0 Å². The second-order valence-electron chi connectivity index (χ2n) is 6.04. The standard InChI is InChI=1S/C22H29N3O2.HI/c1-3-16-27-21-13-9-8-12-19(21)17-25-22(23-4-2)24-15-14-20(26)18-10-6-5-7-11-18;/h3,5-13,20,26H,1,4,14-17H2,2H3,(H2,23,24,25);1H. The first-order chi connectivity index (χ1) is 13.2. The zero-order chi connectivity index (χ0) is 19.3. The van der Waals surface area contributed by atoms with Crippen molar-refractivity contribution in [2.24, 2.45) is 4.99 Å². The lowest BCUT2D eigenvalue weighted by atomic mass is 10.1. The predicted molar refractivity (Wildman–Crippen MR) is 126 cm³/mol. The van der Waals surface area contributed by atoms with Crippen LogP contribution in [0, 0.1) is 0 Å². The molecule has 0 aliphatic rings. The highest BCUT2D eigenvalue weighted by atomic mass is 127. The van der Waals surface area contributed by atoms with Gasteiger partial charge in [0.1, 0.15) is 12.4 Å². The number of para-hydroxylation sites is 1. The average molecular weight is 495 g/mol. The zero-order valence-electron chi connectivity index (χ0n) is 16.3. The molecule has 2 aromatic rings. The topological polar surface area (TPSA) is 65.9 Å². The van der Waals surface area contributed by atoms with Crippen molar-refractivity contribution in [2.75, 3.05) is 19.7 Å². The summed E-state index contributed by atoms with van der Waals surface area (Å²) in [4.78, 5) is 4.63. The molecule has 1 atom stereocenters. The Balaban J connectivity index is 0.00000392. The third-order valence-electron chi connectivity index (χ3n) is 3.98. The fraction of sp³-hybridized carbons (Fsp3) is 0.318. The van der Waals surface area contributed by atoms with Gasteiger partial charge < -0.3 is 20.5 Å². The number of aliphatic hydroxyl groups excluding tert-OH is 1. The van der Waals surface area contributed by atoms with Gasteiger partial charge in [0.2, 0.25) is 0 Å². The molecule has 2 aromatic carbocycles. The largest absolute Gasteiger partial charge is 0.489 e. The maximum absolute atomic E-state index is 10.3. The van der Waals surface area contributed by atoms with E-state index in [0.29, 0.717) is 26.1 Å². The number of benzene rings is 2. The molecule has 0 fully saturated rings. The Kier molecular flexibility index (Phi) is 12.0. The fourth-order valence-corrected chi connectivity index (χ4v) is 2.60. The number of hydrogen-bond acceptors (Lipinski definition) is 3. The predicted octanol–water partition coefficient (Wildman–Crippen LogP) is 4.05. The molecular formula is C22H30IN3O2. The van der Waals surface area contributed by atoms with Gasteiger partial charge in [0.05, 0.1) is 12.6 Å². The lowest BCUT2D eigenvalue weighted by Gasteiger charge is -2.15. The molecule has 0 bridgehead atoms. The van der Waals surface area contributed by atoms with E-state index in [2.05, 4.69) is 22.2 Å². The molecule has 5 nitrogen and oxygen atoms in total. The van der Waals surface area contributed by atoms with Crippen molar-refractivity contribution >= 4 is 29.9 Å². The maximum atomic E-state index is 10.3. The van der Waals surface area contributed by atoms with Crippen molar-refractivity contribution in [2.45, 2.75) is 26.0 Å². The summed E-state index contributed by atoms with van der Waals surface area (Å²) in [6.07, 6.45) is 1.84. The van der Waals surface area contributed by atoms with Crippen LogP contribution in [-0.2, 0) is 6.54 Å². The van der Waals surface area contributed by atoms with Gasteiger partial charge in [-0.15, -0.1) is 24.0 Å². The SMILES string of the molecule is C=CCOc1ccccc1CN=C(NCC)NCCC(O)c1ccccc1.I. The molecule has 0 aliphatic heterocycles. The number of ether oxygens (including phenoxy) is 1. The quantitative estimate of drug-likeness (QED) is 0.202. The molecule has 0 heterocycles. The molecule has 152 valence electrons. The molecule has 0 saturated heterocycles. The van der Waals surface area contributed by atoms with Gasteiger partial charge in [-0.1, -0.05) is 61.2 Å². The summed E-state index contributed by atoms with van der Waals surface area (Å²) in [6, 6.07) is 17.5. The van der Waals surface area contributed by atoms with E-state index in [4.69, 9.17) is 4.74 Å². The second-order valence-corrected chi connectivity index (χ2v) is 6.04. The number of halogens is 1. The molecule has 0 spiro atoms. The van der Waals surface area contributed by atoms with E-state index in [-0.39, 0.29) is 24.0 Å². The highest BCUT2D eigenvalue weighted by Crippen LogP contribution is 2.19. The van der Waals surface area contributed by atoms with E-state index in [0.717, 1.165) is 29.4 Å². The number of aliphatic imine (C=N–C) groups is 1. The molecule has 6 heteroatoms. The zero-order valence-corrected chi connectivity index (χ0v) is 18.6. The van der Waals surface area contributed by atoms with E-state index in [9.17, 15) is 5.11 Å². The van der Waals surface area contributed by atoms with Crippen LogP contribution in [0.2, 0.25) is 0 Å². The monoisotopic (exact) mass is 495 g/mol. The van der Waals surface area contributed by atoms with Gasteiger partial charge in [-0.3, -0.25) is 0 Å². The molecule has 2 rings (SSSR count). The first kappa shape index (κ1) is 24.0. The molecule has 0 amide bonds. The Bertz CT molecular complexity index is 723. The van der Waals surface area contributed by atoms with E-state index < -0.39 is 6.10 Å². The van der Waals surface area contributed by atoms with Gasteiger partial charge >= 0.3 is 0 Å². The van der Waals surface area contributed by atoms with Crippen molar-refractivity contribution in [3.8, 4) is 5.75 Å². The maximum Gasteiger partial charge on any atom is 0.191 e. The highest BCUT2D eigenvalue weighted by molar-refractivity contribution is 14.0. The van der Waals surface area contributed by atoms with Crippen molar-refractivity contribution < 1.29 is 9.84 Å². The number of nitrogens with zero attached hydrogens (tertiary/aromatic N) is 1. The Labute approximate surface area is 184 Å². The summed E-state index contributed by atoms with van der Waals surface area (Å²) < 4.78 is 5.68. The van der Waals surface area contributed by atoms with Crippen LogP contribution in [0.25, 0.3) is 0 Å². The minimum absolute atomic E-state index is 0. The van der Waals surface area contributed by atoms with Crippen molar-refractivity contribution in [1.82, 2.24) is 10.6 Å². The molecule has 0 aromatic heterocycles. The van der Waals surface area contributed by atoms with Crippen LogP contribution in [0.4, 0.5) is 0 Å². The number of guanidine groups is 1. The summed E-state index contributed by atoms with van der Waals surface area (Å²) >= 11 is 0. The summed E-state index contributed by atoms with van der Waals surface area (Å²) in [5.74, 6) is 1.53. The van der Waals surface area contributed by atoms with Gasteiger partial charge in [-0.25, -0.2) is 4.99 Å². The second kappa shape index (κ2) is 14.0. The number of hydrogen-bond donors (Lipinski definition) is 3. The minimum atomic E-state index is -0.491.